The molecule has 28 heavy (non-hydrogen) atoms. The summed E-state index contributed by atoms with van der Waals surface area (Å²) < 4.78 is 6.56. The smallest absolute Gasteiger partial charge is 0.361 e. The third-order valence-corrected chi connectivity index (χ3v) is 4.27. The monoisotopic (exact) mass is 398 g/mol. The quantitative estimate of drug-likeness (QED) is 0.618. The van der Waals surface area contributed by atoms with Gasteiger partial charge in [-0.2, -0.15) is 0 Å². The Labute approximate surface area is 167 Å². The van der Waals surface area contributed by atoms with Gasteiger partial charge < -0.3 is 10.1 Å². The summed E-state index contributed by atoms with van der Waals surface area (Å²) in [5.74, 6) is -1.11. The molecule has 1 unspecified atom stereocenters. The van der Waals surface area contributed by atoms with Gasteiger partial charge in [0.05, 0.1) is 18.8 Å². The highest BCUT2D eigenvalue weighted by molar-refractivity contribution is 6.30. The average molecular weight is 399 g/mol. The van der Waals surface area contributed by atoms with Crippen LogP contribution in [-0.2, 0) is 16.1 Å². The van der Waals surface area contributed by atoms with Crippen LogP contribution in [0.1, 0.15) is 34.6 Å². The summed E-state index contributed by atoms with van der Waals surface area (Å²) in [5, 5.41) is 11.1. The molecule has 3 aromatic rings. The van der Waals surface area contributed by atoms with Crippen LogP contribution >= 0.6 is 11.6 Å². The number of nitrogens with zero attached hydrogens (tertiary/aromatic N) is 3. The minimum Gasteiger partial charge on any atom is -0.451 e. The van der Waals surface area contributed by atoms with Gasteiger partial charge in [0.1, 0.15) is 0 Å². The van der Waals surface area contributed by atoms with E-state index in [1.807, 2.05) is 49.4 Å². The van der Waals surface area contributed by atoms with E-state index in [0.29, 0.717) is 11.6 Å². The Morgan fingerprint density at radius 2 is 1.86 bits per heavy atom. The van der Waals surface area contributed by atoms with Crippen LogP contribution in [0.3, 0.4) is 0 Å². The Bertz CT molecular complexity index is 942. The number of carbonyl (C=O) groups excluding carboxylic acids is 2. The molecule has 3 rings (SSSR count). The topological polar surface area (TPSA) is 86.1 Å². The lowest BCUT2D eigenvalue weighted by molar-refractivity contribution is -0.124. The second-order valence-corrected chi connectivity index (χ2v) is 6.64. The normalized spacial score (nSPS) is 11.6. The van der Waals surface area contributed by atoms with Crippen molar-refractivity contribution in [3.05, 3.63) is 82.6 Å². The molecule has 7 nitrogen and oxygen atoms in total. The van der Waals surface area contributed by atoms with E-state index in [9.17, 15) is 9.59 Å². The van der Waals surface area contributed by atoms with E-state index in [4.69, 9.17) is 16.3 Å². The van der Waals surface area contributed by atoms with E-state index in [1.165, 1.54) is 10.9 Å². The Morgan fingerprint density at radius 1 is 1.14 bits per heavy atom. The molecule has 0 aliphatic rings. The Kier molecular flexibility index (Phi) is 6.39. The predicted molar refractivity (Wildman–Crippen MR) is 104 cm³/mol. The van der Waals surface area contributed by atoms with Gasteiger partial charge in [0.2, 0.25) is 0 Å². The van der Waals surface area contributed by atoms with Crippen molar-refractivity contribution >= 4 is 23.5 Å². The first-order valence-corrected chi connectivity index (χ1v) is 9.05. The van der Waals surface area contributed by atoms with Crippen LogP contribution in [0.25, 0.3) is 0 Å². The van der Waals surface area contributed by atoms with Crippen molar-refractivity contribution < 1.29 is 14.3 Å². The number of carbonyl (C=O) groups is 2. The van der Waals surface area contributed by atoms with Crippen LogP contribution in [0.2, 0.25) is 5.02 Å². The maximum atomic E-state index is 12.1. The number of aromatic nitrogens is 3. The fraction of sp³-hybridized carbons (Fsp3) is 0.200. The summed E-state index contributed by atoms with van der Waals surface area (Å²) >= 11 is 5.85. The van der Waals surface area contributed by atoms with Gasteiger partial charge >= 0.3 is 5.97 Å². The Balaban J connectivity index is 1.48. The molecule has 0 aliphatic heterocycles. The van der Waals surface area contributed by atoms with Crippen molar-refractivity contribution in [3.8, 4) is 0 Å². The summed E-state index contributed by atoms with van der Waals surface area (Å²) in [6.45, 7) is 1.92. The van der Waals surface area contributed by atoms with Crippen LogP contribution < -0.4 is 5.32 Å². The van der Waals surface area contributed by atoms with Crippen LogP contribution in [-0.4, -0.2) is 33.5 Å². The van der Waals surface area contributed by atoms with Crippen molar-refractivity contribution in [2.75, 3.05) is 6.61 Å². The van der Waals surface area contributed by atoms with Crippen LogP contribution in [0.15, 0.2) is 60.8 Å². The molecular formula is C20H19ClN4O3. The minimum absolute atomic E-state index is 0.0504. The highest BCUT2D eigenvalue weighted by Crippen LogP contribution is 2.15. The zero-order valence-electron chi connectivity index (χ0n) is 15.2. The molecule has 1 atom stereocenters. The van der Waals surface area contributed by atoms with E-state index >= 15 is 0 Å². The average Bonchev–Trinajstić information content (AvgIpc) is 3.16. The number of hydrogen-bond acceptors (Lipinski definition) is 5. The molecule has 0 saturated carbocycles. The van der Waals surface area contributed by atoms with E-state index in [1.54, 1.807) is 12.1 Å². The molecule has 0 spiro atoms. The zero-order valence-corrected chi connectivity index (χ0v) is 16.0. The van der Waals surface area contributed by atoms with Gasteiger partial charge in [-0.1, -0.05) is 59.3 Å². The van der Waals surface area contributed by atoms with Gasteiger partial charge in [0.15, 0.2) is 12.3 Å². The largest absolute Gasteiger partial charge is 0.451 e. The lowest BCUT2D eigenvalue weighted by atomic mass is 10.1. The summed E-state index contributed by atoms with van der Waals surface area (Å²) in [5.41, 5.74) is 1.98. The molecule has 0 bridgehead atoms. The minimum atomic E-state index is -0.700. The van der Waals surface area contributed by atoms with Gasteiger partial charge in [0.25, 0.3) is 5.91 Å². The number of rotatable bonds is 7. The summed E-state index contributed by atoms with van der Waals surface area (Å²) in [4.78, 5) is 24.1. The molecule has 144 valence electrons. The van der Waals surface area contributed by atoms with E-state index < -0.39 is 18.5 Å². The van der Waals surface area contributed by atoms with E-state index in [-0.39, 0.29) is 11.7 Å². The van der Waals surface area contributed by atoms with Crippen molar-refractivity contribution in [3.63, 3.8) is 0 Å². The first-order chi connectivity index (χ1) is 13.5. The molecule has 2 aromatic carbocycles. The van der Waals surface area contributed by atoms with Gasteiger partial charge in [-0.3, -0.25) is 4.79 Å². The SMILES string of the molecule is CC(NC(=O)COC(=O)c1cn(Cc2ccccc2)nn1)c1ccc(Cl)cc1. The van der Waals surface area contributed by atoms with E-state index in [0.717, 1.165) is 11.1 Å². The van der Waals surface area contributed by atoms with Gasteiger partial charge in [0, 0.05) is 5.02 Å². The molecule has 8 heteroatoms. The number of hydrogen-bond donors (Lipinski definition) is 1. The molecule has 1 N–H and O–H groups in total. The highest BCUT2D eigenvalue weighted by Gasteiger charge is 2.16. The number of amides is 1. The predicted octanol–water partition coefficient (Wildman–Crippen LogP) is 3.01. The molecule has 1 amide bonds. The number of esters is 1. The number of benzene rings is 2. The second kappa shape index (κ2) is 9.14. The molecule has 0 fully saturated rings. The Morgan fingerprint density at radius 3 is 2.57 bits per heavy atom. The molecular weight excluding hydrogens is 380 g/mol. The standard InChI is InChI=1S/C20H19ClN4O3/c1-14(16-7-9-17(21)10-8-16)22-19(26)13-28-20(27)18-12-25(24-23-18)11-15-5-3-2-4-6-15/h2-10,12,14H,11,13H2,1H3,(H,22,26). The summed E-state index contributed by atoms with van der Waals surface area (Å²) in [6, 6.07) is 16.6. The van der Waals surface area contributed by atoms with Crippen molar-refractivity contribution in [2.45, 2.75) is 19.5 Å². The van der Waals surface area contributed by atoms with Crippen LogP contribution in [0.4, 0.5) is 0 Å². The third kappa shape index (κ3) is 5.40. The number of ether oxygens (including phenoxy) is 1. The summed E-state index contributed by atoms with van der Waals surface area (Å²) in [7, 11) is 0. The maximum absolute atomic E-state index is 12.1. The first-order valence-electron chi connectivity index (χ1n) is 8.67. The molecule has 1 aromatic heterocycles. The molecule has 0 radical (unpaired) electrons. The fourth-order valence-corrected chi connectivity index (χ4v) is 2.69. The summed E-state index contributed by atoms with van der Waals surface area (Å²) in [6.07, 6.45) is 1.49. The van der Waals surface area contributed by atoms with Crippen molar-refractivity contribution in [1.82, 2.24) is 20.3 Å². The number of halogens is 1. The van der Waals surface area contributed by atoms with Gasteiger partial charge in [-0.05, 0) is 30.2 Å². The lowest BCUT2D eigenvalue weighted by Crippen LogP contribution is -2.31. The number of nitrogens with one attached hydrogen (secondary N) is 1. The maximum Gasteiger partial charge on any atom is 0.361 e. The van der Waals surface area contributed by atoms with E-state index in [2.05, 4.69) is 15.6 Å². The highest BCUT2D eigenvalue weighted by atomic mass is 35.5. The van der Waals surface area contributed by atoms with Crippen LogP contribution in [0, 0.1) is 0 Å². The first kappa shape index (κ1) is 19.6. The third-order valence-electron chi connectivity index (χ3n) is 4.02. The van der Waals surface area contributed by atoms with Crippen molar-refractivity contribution in [2.24, 2.45) is 0 Å². The van der Waals surface area contributed by atoms with Crippen molar-refractivity contribution in [1.29, 1.82) is 0 Å². The van der Waals surface area contributed by atoms with Crippen LogP contribution in [0.5, 0.6) is 0 Å². The van der Waals surface area contributed by atoms with Gasteiger partial charge in [-0.15, -0.1) is 5.10 Å². The zero-order chi connectivity index (χ0) is 19.9. The van der Waals surface area contributed by atoms with Gasteiger partial charge in [-0.25, -0.2) is 9.48 Å². The molecule has 0 aliphatic carbocycles. The lowest BCUT2D eigenvalue weighted by Gasteiger charge is -2.14. The second-order valence-electron chi connectivity index (χ2n) is 6.20. The Hall–Kier alpha value is -3.19. The fourth-order valence-electron chi connectivity index (χ4n) is 2.56. The molecule has 0 saturated heterocycles. The molecule has 1 heterocycles.